The van der Waals surface area contributed by atoms with Gasteiger partial charge < -0.3 is 5.73 Å². The van der Waals surface area contributed by atoms with Gasteiger partial charge in [0.15, 0.2) is 9.84 Å². The highest BCUT2D eigenvalue weighted by Crippen LogP contribution is 2.28. The Bertz CT molecular complexity index is 806. The second-order valence-corrected chi connectivity index (χ2v) is 7.20. The first kappa shape index (κ1) is 15.5. The lowest BCUT2D eigenvalue weighted by Gasteiger charge is -2.08. The van der Waals surface area contributed by atoms with Crippen molar-refractivity contribution in [2.24, 2.45) is 0 Å². The van der Waals surface area contributed by atoms with Crippen LogP contribution in [-0.4, -0.2) is 13.3 Å². The monoisotopic (exact) mass is 370 g/mol. The van der Waals surface area contributed by atoms with Crippen LogP contribution in [0.5, 0.6) is 0 Å². The summed E-state index contributed by atoms with van der Waals surface area (Å²) in [5, 5.41) is 11.0. The van der Waals surface area contributed by atoms with Crippen molar-refractivity contribution in [1.29, 1.82) is 0 Å². The van der Waals surface area contributed by atoms with Crippen LogP contribution in [0.1, 0.15) is 5.56 Å². The molecular weight excluding hydrogens is 360 g/mol. The van der Waals surface area contributed by atoms with E-state index in [4.69, 9.17) is 5.73 Å². The average molecular weight is 371 g/mol. The third-order valence-electron chi connectivity index (χ3n) is 2.84. The molecule has 0 spiro atoms. The number of nitrogens with zero attached hydrogens (tertiary/aromatic N) is 1. The van der Waals surface area contributed by atoms with E-state index in [1.165, 1.54) is 24.3 Å². The molecule has 0 unspecified atom stereocenters. The molecule has 2 aromatic rings. The van der Waals surface area contributed by atoms with Gasteiger partial charge in [-0.15, -0.1) is 0 Å². The topological polar surface area (TPSA) is 103 Å². The summed E-state index contributed by atoms with van der Waals surface area (Å²) in [6, 6.07) is 10.3. The first-order valence-electron chi connectivity index (χ1n) is 5.81. The Morgan fingerprint density at radius 1 is 1.19 bits per heavy atom. The summed E-state index contributed by atoms with van der Waals surface area (Å²) in [5.74, 6) is -0.481. The molecule has 8 heteroatoms. The van der Waals surface area contributed by atoms with Gasteiger partial charge in [-0.1, -0.05) is 34.1 Å². The van der Waals surface area contributed by atoms with Crippen molar-refractivity contribution < 1.29 is 13.3 Å². The van der Waals surface area contributed by atoms with Crippen LogP contribution in [0.2, 0.25) is 0 Å². The Balaban J connectivity index is 2.47. The Labute approximate surface area is 129 Å². The predicted molar refractivity (Wildman–Crippen MR) is 82.5 cm³/mol. The van der Waals surface area contributed by atoms with E-state index in [1.807, 2.05) is 0 Å². The number of nitrogen functional groups attached to an aromatic ring is 1. The number of para-hydroxylation sites is 1. The zero-order valence-electron chi connectivity index (χ0n) is 10.7. The molecule has 2 rings (SSSR count). The largest absolute Gasteiger partial charge is 0.398 e. The molecule has 0 saturated carbocycles. The van der Waals surface area contributed by atoms with Crippen LogP contribution in [0.15, 0.2) is 51.8 Å². The number of anilines is 1. The first-order chi connectivity index (χ1) is 9.81. The van der Waals surface area contributed by atoms with Crippen LogP contribution in [0.4, 0.5) is 11.4 Å². The fraction of sp³-hybridized carbons (Fsp3) is 0.0769. The van der Waals surface area contributed by atoms with E-state index in [9.17, 15) is 18.5 Å². The van der Waals surface area contributed by atoms with Crippen molar-refractivity contribution in [3.8, 4) is 0 Å². The molecule has 0 aliphatic heterocycles. The number of nitro groups is 1. The molecule has 110 valence electrons. The highest BCUT2D eigenvalue weighted by molar-refractivity contribution is 9.10. The smallest absolute Gasteiger partial charge is 0.274 e. The lowest BCUT2D eigenvalue weighted by atomic mass is 10.2. The molecule has 21 heavy (non-hydrogen) atoms. The van der Waals surface area contributed by atoms with Gasteiger partial charge in [0.1, 0.15) is 0 Å². The minimum Gasteiger partial charge on any atom is -0.398 e. The van der Waals surface area contributed by atoms with Gasteiger partial charge in [0, 0.05) is 16.1 Å². The van der Waals surface area contributed by atoms with Crippen molar-refractivity contribution in [1.82, 2.24) is 0 Å². The molecule has 0 aliphatic rings. The van der Waals surface area contributed by atoms with E-state index in [0.29, 0.717) is 4.47 Å². The van der Waals surface area contributed by atoms with Crippen LogP contribution >= 0.6 is 15.9 Å². The Morgan fingerprint density at radius 3 is 2.48 bits per heavy atom. The molecule has 0 saturated heterocycles. The Morgan fingerprint density at radius 2 is 1.86 bits per heavy atom. The molecule has 0 fully saturated rings. The van der Waals surface area contributed by atoms with E-state index in [1.54, 1.807) is 18.2 Å². The summed E-state index contributed by atoms with van der Waals surface area (Å²) >= 11 is 3.13. The van der Waals surface area contributed by atoms with Crippen LogP contribution in [0, 0.1) is 10.1 Å². The molecule has 0 aliphatic carbocycles. The summed E-state index contributed by atoms with van der Waals surface area (Å²) in [4.78, 5) is 10.4. The summed E-state index contributed by atoms with van der Waals surface area (Å²) in [7, 11) is -3.76. The minimum atomic E-state index is -3.76. The third kappa shape index (κ3) is 3.40. The first-order valence-corrected chi connectivity index (χ1v) is 8.26. The number of hydrogen-bond donors (Lipinski definition) is 1. The van der Waals surface area contributed by atoms with Crippen LogP contribution in [0.25, 0.3) is 0 Å². The van der Waals surface area contributed by atoms with Gasteiger partial charge in [-0.3, -0.25) is 10.1 Å². The summed E-state index contributed by atoms with van der Waals surface area (Å²) < 4.78 is 25.2. The molecule has 2 aromatic carbocycles. The van der Waals surface area contributed by atoms with Crippen LogP contribution in [-0.2, 0) is 15.6 Å². The normalized spacial score (nSPS) is 11.3. The van der Waals surface area contributed by atoms with Gasteiger partial charge in [0.05, 0.1) is 21.3 Å². The van der Waals surface area contributed by atoms with Gasteiger partial charge in [-0.05, 0) is 18.2 Å². The highest BCUT2D eigenvalue weighted by atomic mass is 79.9. The SMILES string of the molecule is Nc1ccccc1S(=O)(=O)Cc1ccc(Br)cc1[N+](=O)[O-]. The molecular formula is C13H11BrN2O4S. The maximum absolute atomic E-state index is 12.4. The number of nitrogens with two attached hydrogens (primary N) is 1. The van der Waals surface area contributed by atoms with Crippen molar-refractivity contribution in [3.63, 3.8) is 0 Å². The maximum atomic E-state index is 12.4. The van der Waals surface area contributed by atoms with Gasteiger partial charge >= 0.3 is 0 Å². The number of nitro benzene ring substituents is 1. The maximum Gasteiger partial charge on any atom is 0.274 e. The van der Waals surface area contributed by atoms with Crippen molar-refractivity contribution in [2.75, 3.05) is 5.73 Å². The van der Waals surface area contributed by atoms with E-state index in [0.717, 1.165) is 0 Å². The average Bonchev–Trinajstić information content (AvgIpc) is 2.40. The summed E-state index contributed by atoms with van der Waals surface area (Å²) in [6.07, 6.45) is 0. The summed E-state index contributed by atoms with van der Waals surface area (Å²) in [6.45, 7) is 0. The van der Waals surface area contributed by atoms with E-state index < -0.39 is 20.5 Å². The van der Waals surface area contributed by atoms with Crippen LogP contribution in [0.3, 0.4) is 0 Å². The van der Waals surface area contributed by atoms with E-state index in [-0.39, 0.29) is 21.8 Å². The molecule has 0 atom stereocenters. The fourth-order valence-electron chi connectivity index (χ4n) is 1.88. The molecule has 0 bridgehead atoms. The quantitative estimate of drug-likeness (QED) is 0.506. The van der Waals surface area contributed by atoms with Gasteiger partial charge in [0.25, 0.3) is 5.69 Å². The standard InChI is InChI=1S/C13H11BrN2O4S/c14-10-6-5-9(12(7-10)16(17)18)8-21(19,20)13-4-2-1-3-11(13)15/h1-7H,8,15H2. The molecule has 0 heterocycles. The van der Waals surface area contributed by atoms with Crippen LogP contribution < -0.4 is 5.73 Å². The number of sulfone groups is 1. The molecule has 2 N–H and O–H groups in total. The van der Waals surface area contributed by atoms with Crippen molar-refractivity contribution >= 4 is 37.1 Å². The Kier molecular flexibility index (Phi) is 4.29. The fourth-order valence-corrected chi connectivity index (χ4v) is 3.75. The molecule has 0 radical (unpaired) electrons. The molecule has 0 amide bonds. The zero-order valence-corrected chi connectivity index (χ0v) is 13.1. The number of benzene rings is 2. The van der Waals surface area contributed by atoms with Gasteiger partial charge in [0.2, 0.25) is 0 Å². The lowest BCUT2D eigenvalue weighted by molar-refractivity contribution is -0.385. The van der Waals surface area contributed by atoms with E-state index in [2.05, 4.69) is 15.9 Å². The van der Waals surface area contributed by atoms with Gasteiger partial charge in [-0.25, -0.2) is 8.42 Å². The minimum absolute atomic E-state index is 0.0257. The third-order valence-corrected chi connectivity index (χ3v) is 5.07. The highest BCUT2D eigenvalue weighted by Gasteiger charge is 2.23. The Hall–Kier alpha value is -1.93. The second-order valence-electron chi connectivity index (χ2n) is 4.33. The van der Waals surface area contributed by atoms with Crippen molar-refractivity contribution in [3.05, 3.63) is 62.6 Å². The van der Waals surface area contributed by atoms with Gasteiger partial charge in [-0.2, -0.15) is 0 Å². The number of hydrogen-bond acceptors (Lipinski definition) is 5. The lowest BCUT2D eigenvalue weighted by Crippen LogP contribution is -2.09. The van der Waals surface area contributed by atoms with Crippen molar-refractivity contribution in [2.45, 2.75) is 10.6 Å². The number of rotatable bonds is 4. The molecule has 0 aromatic heterocycles. The van der Waals surface area contributed by atoms with E-state index >= 15 is 0 Å². The zero-order chi connectivity index (χ0) is 15.6. The summed E-state index contributed by atoms with van der Waals surface area (Å²) in [5.41, 5.74) is 5.65. The second kappa shape index (κ2) is 5.82. The number of halogens is 1. The molecule has 6 nitrogen and oxygen atoms in total. The predicted octanol–water partition coefficient (Wildman–Crippen LogP) is 2.91.